The number of carbonyl (C=O) groups is 5. The van der Waals surface area contributed by atoms with Gasteiger partial charge in [-0.05, 0) is 83.4 Å². The van der Waals surface area contributed by atoms with Gasteiger partial charge in [-0.1, -0.05) is 24.3 Å². The molecule has 6 heterocycles. The van der Waals surface area contributed by atoms with Crippen LogP contribution >= 0.6 is 0 Å². The van der Waals surface area contributed by atoms with Gasteiger partial charge in [0, 0.05) is 36.4 Å². The number of carboxylic acids is 1. The Hall–Kier alpha value is -10.8. The molecular formula is C77H85O42+. The number of aliphatic carboxylic acids is 1. The van der Waals surface area contributed by atoms with Gasteiger partial charge in [0.2, 0.25) is 30.9 Å². The number of hydrogen-bond donors (Lipinski definition) is 20. The van der Waals surface area contributed by atoms with Crippen molar-refractivity contribution in [1.82, 2.24) is 0 Å². The highest BCUT2D eigenvalue weighted by molar-refractivity contribution is 5.91. The SMILES string of the molecule is COc1cc(C=CC(=O)O[C@H]2[C@H](O[C@H]3[C@H](Oc4cc5c(O[C@@H]6O[C@H](COC(=O)CC(=O)O)[C@@H](O)[C@H](O)[C@H]6O)cc(O)cc5[o+]c4-c4ccc(O)c(O)c4)O[C@H](COC(=O)/C=C/c4ccc(O[C@@H]5O[C@H](COC(=O)/C=C/c6ccc(O[C@@H]7O[C@H](CO)[C@@H](O)[C@H](O)[C@H]7O)c(OC)c6)[C@@H](O)[C@H](O)[C@H]5O)cc4)[C@@H](O)[C@@H]3O)O[C@H](CO)[C@@H](O)[C@@H]2O)ccc1O. The molecule has 5 aliphatic heterocycles. The van der Waals surface area contributed by atoms with Crippen LogP contribution in [0.1, 0.15) is 23.1 Å². The van der Waals surface area contributed by atoms with Gasteiger partial charge < -0.3 is 178 Å². The average molecular weight is 1680 g/mol. The molecule has 42 heteroatoms. The third-order valence-corrected chi connectivity index (χ3v) is 19.2. The summed E-state index contributed by atoms with van der Waals surface area (Å²) in [5.74, 6) is -9.90. The number of methoxy groups -OCH3 is 2. The Morgan fingerprint density at radius 2 is 0.866 bits per heavy atom. The molecule has 25 atom stereocenters. The minimum Gasteiger partial charge on any atom is -0.507 e. The summed E-state index contributed by atoms with van der Waals surface area (Å²) in [6, 6.07) is 19.9. The second kappa shape index (κ2) is 39.4. The summed E-state index contributed by atoms with van der Waals surface area (Å²) < 4.78 is 97.2. The predicted molar refractivity (Wildman–Crippen MR) is 390 cm³/mol. The maximum absolute atomic E-state index is 13.6. The maximum atomic E-state index is 13.6. The number of carboxylic acid groups (broad SMARTS) is 1. The zero-order chi connectivity index (χ0) is 86.0. The minimum absolute atomic E-state index is 0.00445. The highest BCUT2D eigenvalue weighted by Gasteiger charge is 2.55. The number of phenolic OH excluding ortho intramolecular Hbond substituents is 4. The van der Waals surface area contributed by atoms with E-state index in [9.17, 15) is 121 Å². The molecule has 0 saturated carbocycles. The molecular weight excluding hydrogens is 1600 g/mol. The smallest absolute Gasteiger partial charge is 0.402 e. The lowest BCUT2D eigenvalue weighted by molar-refractivity contribution is -0.358. The van der Waals surface area contributed by atoms with Crippen molar-refractivity contribution in [3.63, 3.8) is 0 Å². The fourth-order valence-corrected chi connectivity index (χ4v) is 12.7. The van der Waals surface area contributed by atoms with Gasteiger partial charge in [0.05, 0.1) is 39.1 Å². The van der Waals surface area contributed by atoms with Crippen LogP contribution < -0.4 is 28.4 Å². The van der Waals surface area contributed by atoms with Gasteiger partial charge >= 0.3 is 41.2 Å². The first-order valence-electron chi connectivity index (χ1n) is 36.2. The lowest BCUT2D eigenvalue weighted by Gasteiger charge is -2.46. The first-order chi connectivity index (χ1) is 56.7. The molecule has 0 spiro atoms. The molecule has 20 N–H and O–H groups in total. The quantitative estimate of drug-likeness (QED) is 0.00521. The van der Waals surface area contributed by atoms with E-state index in [2.05, 4.69) is 0 Å². The number of fused-ring (bicyclic) bond motifs is 1. The Morgan fingerprint density at radius 1 is 0.403 bits per heavy atom. The van der Waals surface area contributed by atoms with Crippen LogP contribution in [0.3, 0.4) is 0 Å². The van der Waals surface area contributed by atoms with E-state index in [1.165, 1.54) is 99.2 Å². The van der Waals surface area contributed by atoms with Crippen molar-refractivity contribution < 1.29 is 206 Å². The monoisotopic (exact) mass is 1680 g/mol. The summed E-state index contributed by atoms with van der Waals surface area (Å²) in [6.07, 6.45) is -42.2. The highest BCUT2D eigenvalue weighted by Crippen LogP contribution is 2.45. The molecule has 42 nitrogen and oxygen atoms in total. The number of phenols is 4. The van der Waals surface area contributed by atoms with E-state index in [-0.39, 0.29) is 56.4 Å². The van der Waals surface area contributed by atoms with Crippen LogP contribution in [-0.2, 0) is 71.3 Å². The van der Waals surface area contributed by atoms with E-state index >= 15 is 0 Å². The van der Waals surface area contributed by atoms with Crippen molar-refractivity contribution in [1.29, 1.82) is 0 Å². The van der Waals surface area contributed by atoms with Crippen molar-refractivity contribution >= 4 is 59.0 Å². The number of rotatable bonds is 30. The van der Waals surface area contributed by atoms with E-state index < -0.39 is 257 Å². The molecule has 6 aromatic rings. The number of aromatic hydroxyl groups is 4. The number of aliphatic hydroxyl groups excluding tert-OH is 15. The lowest BCUT2D eigenvalue weighted by atomic mass is 9.97. The summed E-state index contributed by atoms with van der Waals surface area (Å²) in [5, 5.41) is 214. The van der Waals surface area contributed by atoms with Crippen molar-refractivity contribution in [3.8, 4) is 68.8 Å². The van der Waals surface area contributed by atoms with E-state index in [0.29, 0.717) is 5.56 Å². The van der Waals surface area contributed by atoms with Crippen LogP contribution in [0, 0.1) is 0 Å². The van der Waals surface area contributed by atoms with Gasteiger partial charge in [0.1, 0.15) is 159 Å². The van der Waals surface area contributed by atoms with Crippen LogP contribution in [0.5, 0.6) is 57.5 Å². The van der Waals surface area contributed by atoms with Gasteiger partial charge in [-0.25, -0.2) is 18.8 Å². The third kappa shape index (κ3) is 21.3. The second-order valence-electron chi connectivity index (χ2n) is 27.4. The first kappa shape index (κ1) is 89.0. The summed E-state index contributed by atoms with van der Waals surface area (Å²) in [5.41, 5.74) is 0.426. The number of benzene rings is 5. The van der Waals surface area contributed by atoms with E-state index in [4.69, 9.17) is 85.3 Å². The second-order valence-corrected chi connectivity index (χ2v) is 27.4. The average Bonchev–Trinajstić information content (AvgIpc) is 0.760. The predicted octanol–water partition coefficient (Wildman–Crippen LogP) is -3.42. The summed E-state index contributed by atoms with van der Waals surface area (Å²) in [6.45, 7) is -4.26. The van der Waals surface area contributed by atoms with Gasteiger partial charge in [-0.15, -0.1) is 0 Å². The number of ether oxygens (including phenoxy) is 16. The van der Waals surface area contributed by atoms with Crippen LogP contribution in [-0.4, -0.2) is 333 Å². The van der Waals surface area contributed by atoms with Crippen LogP contribution in [0.2, 0.25) is 0 Å². The van der Waals surface area contributed by atoms with E-state index in [1.807, 2.05) is 0 Å². The summed E-state index contributed by atoms with van der Waals surface area (Å²) in [4.78, 5) is 63.5. The largest absolute Gasteiger partial charge is 0.507 e. The topological polar surface area (TPSA) is 649 Å². The van der Waals surface area contributed by atoms with Crippen LogP contribution in [0.25, 0.3) is 40.5 Å². The Labute approximate surface area is 671 Å². The Kier molecular flexibility index (Phi) is 29.5. The van der Waals surface area contributed by atoms with Crippen LogP contribution in [0.15, 0.2) is 120 Å². The molecule has 0 bridgehead atoms. The summed E-state index contributed by atoms with van der Waals surface area (Å²) >= 11 is 0. The van der Waals surface area contributed by atoms with Crippen molar-refractivity contribution in [3.05, 3.63) is 132 Å². The number of esters is 4. The molecule has 644 valence electrons. The zero-order valence-electron chi connectivity index (χ0n) is 62.3. The van der Waals surface area contributed by atoms with Crippen molar-refractivity contribution in [2.24, 2.45) is 0 Å². The molecule has 0 amide bonds. The molecule has 0 radical (unpaired) electrons. The van der Waals surface area contributed by atoms with Gasteiger partial charge in [0.25, 0.3) is 0 Å². The number of carbonyl (C=O) groups excluding carboxylic acids is 4. The zero-order valence-corrected chi connectivity index (χ0v) is 62.3. The van der Waals surface area contributed by atoms with Crippen molar-refractivity contribution in [2.45, 2.75) is 160 Å². The molecule has 11 rings (SSSR count). The number of hydrogen-bond acceptors (Lipinski definition) is 40. The van der Waals surface area contributed by atoms with Gasteiger partial charge in [-0.2, -0.15) is 0 Å². The fourth-order valence-electron chi connectivity index (χ4n) is 12.7. The van der Waals surface area contributed by atoms with E-state index in [1.54, 1.807) is 0 Å². The molecule has 5 fully saturated rings. The lowest BCUT2D eigenvalue weighted by Crippen LogP contribution is -2.65. The van der Waals surface area contributed by atoms with Gasteiger partial charge in [0.15, 0.2) is 53.0 Å². The first-order valence-corrected chi connectivity index (χ1v) is 36.2. The summed E-state index contributed by atoms with van der Waals surface area (Å²) in [7, 11) is 2.55. The minimum atomic E-state index is -2.33. The maximum Gasteiger partial charge on any atom is 0.402 e. The standard InChI is InChI=1S/C77H84O42/c1-103-44-19-32(5-13-39(44)82)9-18-55(88)118-71-65(98)58(91)48(27-79)114-77(71)119-72-66(99)61(94)51(117-76(72)112-46-24-37-42(109-70(46)34-10-14-38(81)40(83)21-34)22-35(80)23-43(37)111-75-69(102)64(97)60(93)50(116-75)30-107-56(89)25-52(84)85)29-106-53(86)16-7-31-3-11-36(12-4-31)108-73-67(100)63(96)59(92)49(115-73)28-105-54(87)17-8-33-6-15-41(45(20-33)104-2)110-74-68(101)62(95)57(90)47(26-78)113-74/h3-24,47-51,57-69,71-79,90-102H,25-30H2,1-2H3,(H4-,80,81,82,83,84,85,88)/p+1/b16-7+,17-8+/t47-,48-,49-,50-,51-,57-,58-,59-,60-,61-,62+,63+,64+,65+,66+,67-,68-,69-,71-,72-,73-,74-,75-,76-,77+/m1/s1. The number of aliphatic hydroxyl groups is 15. The molecule has 5 aromatic carbocycles. The molecule has 5 saturated heterocycles. The normalized spacial score (nSPS) is 30.9. The fraction of sp³-hybridized carbons (Fsp3) is 0.429. The molecule has 0 aliphatic carbocycles. The highest BCUT2D eigenvalue weighted by atomic mass is 16.8. The Morgan fingerprint density at radius 3 is 1.44 bits per heavy atom. The molecule has 5 aliphatic rings. The van der Waals surface area contributed by atoms with Crippen LogP contribution in [0.4, 0.5) is 0 Å². The van der Waals surface area contributed by atoms with Crippen molar-refractivity contribution in [2.75, 3.05) is 47.3 Å². The Bertz CT molecular complexity index is 4610. The Balaban J connectivity index is 0.809. The molecule has 119 heavy (non-hydrogen) atoms. The van der Waals surface area contributed by atoms with Gasteiger partial charge in [-0.3, -0.25) is 9.59 Å². The van der Waals surface area contributed by atoms with E-state index in [0.717, 1.165) is 48.6 Å². The molecule has 0 unspecified atom stereocenters. The molecule has 1 aromatic heterocycles. The third-order valence-electron chi connectivity index (χ3n) is 19.2.